The summed E-state index contributed by atoms with van der Waals surface area (Å²) in [7, 11) is 1.38. The molecule has 0 bridgehead atoms. The van der Waals surface area contributed by atoms with Gasteiger partial charge in [-0.3, -0.25) is 5.10 Å². The van der Waals surface area contributed by atoms with E-state index in [0.717, 1.165) is 34.4 Å². The fraction of sp³-hybridized carbons (Fsp3) is 0.333. The molecule has 1 aliphatic rings. The highest BCUT2D eigenvalue weighted by Crippen LogP contribution is 2.33. The third-order valence-corrected chi connectivity index (χ3v) is 5.15. The van der Waals surface area contributed by atoms with Crippen LogP contribution in [0, 0.1) is 0 Å². The van der Waals surface area contributed by atoms with Gasteiger partial charge in [-0.1, -0.05) is 40.9 Å². The van der Waals surface area contributed by atoms with Crippen LogP contribution in [0.5, 0.6) is 0 Å². The molecule has 0 aliphatic heterocycles. The van der Waals surface area contributed by atoms with Crippen molar-refractivity contribution in [2.24, 2.45) is 0 Å². The minimum atomic E-state index is -0.399. The van der Waals surface area contributed by atoms with Crippen molar-refractivity contribution in [3.05, 3.63) is 40.5 Å². The van der Waals surface area contributed by atoms with Crippen LogP contribution in [0.25, 0.3) is 16.9 Å². The lowest BCUT2D eigenvalue weighted by Gasteiger charge is -2.14. The number of halogens is 1. The zero-order valence-corrected chi connectivity index (χ0v) is 15.5. The van der Waals surface area contributed by atoms with Crippen molar-refractivity contribution in [1.29, 1.82) is 0 Å². The Kier molecular flexibility index (Phi) is 4.25. The Hall–Kier alpha value is -2.28. The maximum absolute atomic E-state index is 12.0. The number of nitrogens with one attached hydrogen (secondary N) is 2. The van der Waals surface area contributed by atoms with Crippen LogP contribution in [0.4, 0.5) is 5.82 Å². The Morgan fingerprint density at radius 3 is 2.92 bits per heavy atom. The van der Waals surface area contributed by atoms with Gasteiger partial charge in [0.1, 0.15) is 11.3 Å². The van der Waals surface area contributed by atoms with Gasteiger partial charge in [0, 0.05) is 22.3 Å². The molecule has 2 heterocycles. The van der Waals surface area contributed by atoms with Crippen molar-refractivity contribution in [1.82, 2.24) is 14.6 Å². The van der Waals surface area contributed by atoms with E-state index < -0.39 is 5.97 Å². The lowest BCUT2D eigenvalue weighted by atomic mass is 10.1. The van der Waals surface area contributed by atoms with E-state index in [2.05, 4.69) is 26.3 Å². The molecule has 130 valence electrons. The summed E-state index contributed by atoms with van der Waals surface area (Å²) in [5.41, 5.74) is 2.81. The van der Waals surface area contributed by atoms with Gasteiger partial charge in [-0.25, -0.2) is 14.3 Å². The standard InChI is InChI=1S/C18H19BrN4O2/c1-25-18(24)14-10-20-23-16(14)22-15(11-5-4-6-12(19)9-11)17(23)21-13-7-2-3-8-13/h4-6,9-10,13,20-21H,2-3,7-8H2,1H3. The summed E-state index contributed by atoms with van der Waals surface area (Å²) < 4.78 is 7.69. The molecule has 6 nitrogen and oxygen atoms in total. The van der Waals surface area contributed by atoms with Crippen molar-refractivity contribution in [2.45, 2.75) is 31.7 Å². The van der Waals surface area contributed by atoms with Gasteiger partial charge in [0.15, 0.2) is 11.5 Å². The molecule has 2 N–H and O–H groups in total. The highest BCUT2D eigenvalue weighted by Gasteiger charge is 2.24. The lowest BCUT2D eigenvalue weighted by Crippen LogP contribution is -2.16. The number of hydrogen-bond acceptors (Lipinski definition) is 4. The van der Waals surface area contributed by atoms with Gasteiger partial charge in [0.2, 0.25) is 0 Å². The molecular weight excluding hydrogens is 384 g/mol. The molecule has 4 rings (SSSR count). The van der Waals surface area contributed by atoms with E-state index in [-0.39, 0.29) is 0 Å². The largest absolute Gasteiger partial charge is 0.465 e. The van der Waals surface area contributed by atoms with Gasteiger partial charge >= 0.3 is 5.97 Å². The van der Waals surface area contributed by atoms with Crippen LogP contribution in [-0.4, -0.2) is 33.7 Å². The smallest absolute Gasteiger partial charge is 0.343 e. The number of carbonyl (C=O) groups excluding carboxylic acids is 1. The predicted molar refractivity (Wildman–Crippen MR) is 99.9 cm³/mol. The van der Waals surface area contributed by atoms with Crippen molar-refractivity contribution in [3.63, 3.8) is 0 Å². The summed E-state index contributed by atoms with van der Waals surface area (Å²) in [6.07, 6.45) is 6.41. The van der Waals surface area contributed by atoms with Crippen LogP contribution < -0.4 is 5.32 Å². The number of nitrogens with zero attached hydrogens (tertiary/aromatic N) is 2. The third kappa shape index (κ3) is 2.93. The van der Waals surface area contributed by atoms with Crippen LogP contribution in [0.15, 0.2) is 34.9 Å². The molecule has 1 fully saturated rings. The average molecular weight is 403 g/mol. The van der Waals surface area contributed by atoms with Crippen LogP contribution in [0.2, 0.25) is 0 Å². The van der Waals surface area contributed by atoms with Gasteiger partial charge in [-0.15, -0.1) is 0 Å². The summed E-state index contributed by atoms with van der Waals surface area (Å²) in [5.74, 6) is 0.486. The normalized spacial score (nSPS) is 15.0. The number of ether oxygens (including phenoxy) is 1. The van der Waals surface area contributed by atoms with Crippen LogP contribution in [0.3, 0.4) is 0 Å². The minimum Gasteiger partial charge on any atom is -0.465 e. The maximum atomic E-state index is 12.0. The Morgan fingerprint density at radius 2 is 2.20 bits per heavy atom. The number of rotatable bonds is 4. The van der Waals surface area contributed by atoms with E-state index in [9.17, 15) is 4.79 Å². The maximum Gasteiger partial charge on any atom is 0.343 e. The Morgan fingerprint density at radius 1 is 1.40 bits per heavy atom. The second-order valence-electron chi connectivity index (χ2n) is 6.28. The van der Waals surface area contributed by atoms with E-state index in [0.29, 0.717) is 17.3 Å². The molecule has 1 aromatic carbocycles. The number of aromatic amines is 1. The summed E-state index contributed by atoms with van der Waals surface area (Å²) >= 11 is 3.52. The molecule has 2 aromatic heterocycles. The number of benzene rings is 1. The van der Waals surface area contributed by atoms with Crippen LogP contribution in [-0.2, 0) is 4.74 Å². The zero-order valence-electron chi connectivity index (χ0n) is 13.9. The monoisotopic (exact) mass is 402 g/mol. The molecular formula is C18H19BrN4O2. The van der Waals surface area contributed by atoms with Crippen molar-refractivity contribution in [3.8, 4) is 11.3 Å². The Bertz CT molecular complexity index is 924. The van der Waals surface area contributed by atoms with Gasteiger partial charge in [0.05, 0.1) is 7.11 Å². The number of fused-ring (bicyclic) bond motifs is 1. The van der Waals surface area contributed by atoms with Gasteiger partial charge in [0.25, 0.3) is 0 Å². The number of H-pyrrole nitrogens is 1. The second-order valence-corrected chi connectivity index (χ2v) is 7.20. The minimum absolute atomic E-state index is 0.399. The lowest BCUT2D eigenvalue weighted by molar-refractivity contribution is 0.0602. The Labute approximate surface area is 153 Å². The average Bonchev–Trinajstić information content (AvgIpc) is 3.32. The zero-order chi connectivity index (χ0) is 17.4. The van der Waals surface area contributed by atoms with E-state index in [1.165, 1.54) is 20.0 Å². The molecule has 0 amide bonds. The van der Waals surface area contributed by atoms with Crippen molar-refractivity contribution >= 4 is 33.4 Å². The number of imidazole rings is 1. The molecule has 0 atom stereocenters. The molecule has 0 saturated heterocycles. The quantitative estimate of drug-likeness (QED) is 0.640. The number of aromatic nitrogens is 3. The first-order valence-corrected chi connectivity index (χ1v) is 9.17. The first-order valence-electron chi connectivity index (χ1n) is 8.38. The van der Waals surface area contributed by atoms with Crippen LogP contribution >= 0.6 is 15.9 Å². The van der Waals surface area contributed by atoms with E-state index in [1.54, 1.807) is 6.20 Å². The molecule has 3 aromatic rings. The van der Waals surface area contributed by atoms with Crippen molar-refractivity contribution in [2.75, 3.05) is 12.4 Å². The molecule has 1 saturated carbocycles. The topological polar surface area (TPSA) is 71.4 Å². The summed E-state index contributed by atoms with van der Waals surface area (Å²) in [4.78, 5) is 16.8. The highest BCUT2D eigenvalue weighted by atomic mass is 79.9. The van der Waals surface area contributed by atoms with E-state index in [4.69, 9.17) is 9.72 Å². The van der Waals surface area contributed by atoms with E-state index >= 15 is 0 Å². The summed E-state index contributed by atoms with van der Waals surface area (Å²) in [5, 5.41) is 6.75. The molecule has 1 aliphatic carbocycles. The summed E-state index contributed by atoms with van der Waals surface area (Å²) in [6.45, 7) is 0. The molecule has 25 heavy (non-hydrogen) atoms. The fourth-order valence-electron chi connectivity index (χ4n) is 3.41. The second kappa shape index (κ2) is 6.55. The number of carbonyl (C=O) groups is 1. The van der Waals surface area contributed by atoms with E-state index in [1.807, 2.05) is 28.8 Å². The number of esters is 1. The third-order valence-electron chi connectivity index (χ3n) is 4.66. The summed E-state index contributed by atoms with van der Waals surface area (Å²) in [6, 6.07) is 8.43. The predicted octanol–water partition coefficient (Wildman–Crippen LogP) is 4.23. The molecule has 7 heteroatoms. The Balaban J connectivity index is 1.86. The fourth-order valence-corrected chi connectivity index (χ4v) is 3.81. The number of anilines is 1. The number of hydrogen-bond donors (Lipinski definition) is 2. The molecule has 0 spiro atoms. The SMILES string of the molecule is COC(=O)c1c[nH]n2c(NC3CCCC3)c(-c3cccc(Br)c3)nc12. The van der Waals surface area contributed by atoms with Gasteiger partial charge in [-0.2, -0.15) is 0 Å². The highest BCUT2D eigenvalue weighted by molar-refractivity contribution is 9.10. The van der Waals surface area contributed by atoms with Crippen molar-refractivity contribution < 1.29 is 9.53 Å². The molecule has 0 unspecified atom stereocenters. The first-order chi connectivity index (χ1) is 12.2. The van der Waals surface area contributed by atoms with Crippen LogP contribution in [0.1, 0.15) is 36.0 Å². The number of methoxy groups -OCH3 is 1. The molecule has 0 radical (unpaired) electrons. The first kappa shape index (κ1) is 16.2. The van der Waals surface area contributed by atoms with Gasteiger partial charge < -0.3 is 10.1 Å². The van der Waals surface area contributed by atoms with Gasteiger partial charge in [-0.05, 0) is 25.0 Å².